The van der Waals surface area contributed by atoms with Crippen LogP contribution in [0.25, 0.3) is 22.6 Å². The van der Waals surface area contributed by atoms with Gasteiger partial charge in [-0.2, -0.15) is 10.2 Å². The van der Waals surface area contributed by atoms with E-state index >= 15 is 0 Å². The van der Waals surface area contributed by atoms with E-state index in [1.54, 1.807) is 41.1 Å². The maximum atomic E-state index is 6.33. The van der Waals surface area contributed by atoms with E-state index in [1.165, 1.54) is 0 Å². The first-order valence-corrected chi connectivity index (χ1v) is 10.5. The largest absolute Gasteiger partial charge is 0.493 e. The summed E-state index contributed by atoms with van der Waals surface area (Å²) >= 11 is 0. The van der Waals surface area contributed by atoms with Gasteiger partial charge in [-0.05, 0) is 13.0 Å². The summed E-state index contributed by atoms with van der Waals surface area (Å²) in [7, 11) is 5.28. The van der Waals surface area contributed by atoms with Crippen molar-refractivity contribution in [1.29, 1.82) is 0 Å². The first-order valence-electron chi connectivity index (χ1n) is 10.5. The molecule has 0 saturated heterocycles. The van der Waals surface area contributed by atoms with Gasteiger partial charge in [-0.25, -0.2) is 19.6 Å². The molecule has 1 aliphatic heterocycles. The molecule has 1 N–H and O–H groups in total. The average molecular weight is 448 g/mol. The lowest BCUT2D eigenvalue weighted by Crippen LogP contribution is -2.17. The first-order chi connectivity index (χ1) is 16.0. The van der Waals surface area contributed by atoms with Crippen molar-refractivity contribution < 1.29 is 14.2 Å². The van der Waals surface area contributed by atoms with E-state index in [0.29, 0.717) is 53.6 Å². The standard InChI is InChI=1S/C22H24N8O3/c1-13-6-8-32-22-15(11-25-30(22)3)21-23-7-5-18(27-21)26-19-9-16(33-13)14(10-24-19)20-17(31-4)12-29(2)28-20/h5,7,9-13H,6,8H2,1-4H3,(H,23,24,26,27)/t13-/m0/s1. The highest BCUT2D eigenvalue weighted by Gasteiger charge is 2.21. The monoisotopic (exact) mass is 448 g/mol. The molecule has 11 nitrogen and oxygen atoms in total. The van der Waals surface area contributed by atoms with Gasteiger partial charge in [0.2, 0.25) is 5.88 Å². The van der Waals surface area contributed by atoms with Gasteiger partial charge in [0.15, 0.2) is 11.6 Å². The SMILES string of the molecule is COc1cn(C)nc1-c1cnc2cc1O[C@@H](C)CCOc1c(cnn1C)-c1nccc(n1)N2. The Morgan fingerprint density at radius 1 is 1.15 bits per heavy atom. The van der Waals surface area contributed by atoms with Gasteiger partial charge >= 0.3 is 0 Å². The molecule has 4 bridgehead atoms. The van der Waals surface area contributed by atoms with Gasteiger partial charge in [-0.1, -0.05) is 0 Å². The number of fused-ring (bicyclic) bond motifs is 6. The molecule has 33 heavy (non-hydrogen) atoms. The number of anilines is 2. The third-order valence-corrected chi connectivity index (χ3v) is 5.26. The smallest absolute Gasteiger partial charge is 0.222 e. The van der Waals surface area contributed by atoms with Crippen LogP contribution >= 0.6 is 0 Å². The second kappa shape index (κ2) is 8.41. The Morgan fingerprint density at radius 2 is 2.03 bits per heavy atom. The second-order valence-corrected chi connectivity index (χ2v) is 7.73. The zero-order valence-corrected chi connectivity index (χ0v) is 18.8. The van der Waals surface area contributed by atoms with Crippen molar-refractivity contribution in [2.75, 3.05) is 19.0 Å². The first kappa shape index (κ1) is 20.7. The Morgan fingerprint density at radius 3 is 2.88 bits per heavy atom. The molecule has 0 fully saturated rings. The summed E-state index contributed by atoms with van der Waals surface area (Å²) in [5.74, 6) is 3.55. The van der Waals surface area contributed by atoms with Gasteiger partial charge in [-0.3, -0.25) is 4.68 Å². The van der Waals surface area contributed by atoms with E-state index in [2.05, 4.69) is 30.5 Å². The van der Waals surface area contributed by atoms with Gasteiger partial charge < -0.3 is 19.5 Å². The van der Waals surface area contributed by atoms with Crippen LogP contribution in [0.2, 0.25) is 0 Å². The van der Waals surface area contributed by atoms with Crippen LogP contribution in [0.4, 0.5) is 11.6 Å². The second-order valence-electron chi connectivity index (χ2n) is 7.73. The molecule has 11 heteroatoms. The topological polar surface area (TPSA) is 114 Å². The Kier molecular flexibility index (Phi) is 5.29. The summed E-state index contributed by atoms with van der Waals surface area (Å²) in [6.07, 6.45) is 7.42. The molecule has 0 unspecified atom stereocenters. The highest BCUT2D eigenvalue weighted by atomic mass is 16.5. The van der Waals surface area contributed by atoms with E-state index in [-0.39, 0.29) is 6.10 Å². The van der Waals surface area contributed by atoms with E-state index < -0.39 is 0 Å². The predicted molar refractivity (Wildman–Crippen MR) is 121 cm³/mol. The molecule has 0 spiro atoms. The Hall–Kier alpha value is -4.15. The molecular weight excluding hydrogens is 424 g/mol. The Balaban J connectivity index is 1.59. The van der Waals surface area contributed by atoms with Gasteiger partial charge in [0.1, 0.15) is 28.6 Å². The fraction of sp³-hybridized carbons (Fsp3) is 0.318. The van der Waals surface area contributed by atoms with Crippen molar-refractivity contribution in [2.45, 2.75) is 19.4 Å². The van der Waals surface area contributed by atoms with Crippen LogP contribution in [0.1, 0.15) is 13.3 Å². The number of nitrogens with one attached hydrogen (secondary N) is 1. The Bertz CT molecular complexity index is 1300. The fourth-order valence-electron chi connectivity index (χ4n) is 3.62. The van der Waals surface area contributed by atoms with Crippen molar-refractivity contribution in [3.63, 3.8) is 0 Å². The molecule has 0 saturated carbocycles. The highest BCUT2D eigenvalue weighted by Crippen LogP contribution is 2.37. The minimum atomic E-state index is -0.137. The van der Waals surface area contributed by atoms with Crippen LogP contribution in [0.15, 0.2) is 36.9 Å². The summed E-state index contributed by atoms with van der Waals surface area (Å²) in [5, 5.41) is 12.1. The van der Waals surface area contributed by atoms with Crippen molar-refractivity contribution in [1.82, 2.24) is 34.5 Å². The number of methoxy groups -OCH3 is 1. The number of nitrogens with zero attached hydrogens (tertiary/aromatic N) is 7. The number of hydrogen-bond donors (Lipinski definition) is 1. The molecule has 0 radical (unpaired) electrons. The molecule has 4 aromatic heterocycles. The zero-order chi connectivity index (χ0) is 22.9. The summed E-state index contributed by atoms with van der Waals surface area (Å²) in [6, 6.07) is 3.61. The summed E-state index contributed by atoms with van der Waals surface area (Å²) in [4.78, 5) is 13.6. The maximum absolute atomic E-state index is 6.33. The van der Waals surface area contributed by atoms with Crippen LogP contribution in [-0.2, 0) is 14.1 Å². The van der Waals surface area contributed by atoms with E-state index in [4.69, 9.17) is 14.2 Å². The van der Waals surface area contributed by atoms with Crippen LogP contribution < -0.4 is 19.5 Å². The summed E-state index contributed by atoms with van der Waals surface area (Å²) in [6.45, 7) is 2.43. The normalized spacial score (nSPS) is 15.5. The molecular formula is C22H24N8O3. The van der Waals surface area contributed by atoms with Crippen molar-refractivity contribution >= 4 is 11.6 Å². The predicted octanol–water partition coefficient (Wildman–Crippen LogP) is 2.97. The minimum absolute atomic E-state index is 0.137. The molecule has 4 aromatic rings. The van der Waals surface area contributed by atoms with Gasteiger partial charge in [0.25, 0.3) is 0 Å². The number of hydrogen-bond acceptors (Lipinski definition) is 9. The van der Waals surface area contributed by atoms with E-state index in [9.17, 15) is 0 Å². The average Bonchev–Trinajstić information content (AvgIpc) is 3.36. The van der Waals surface area contributed by atoms with Crippen LogP contribution in [-0.4, -0.2) is 54.3 Å². The van der Waals surface area contributed by atoms with E-state index in [1.807, 2.05) is 33.3 Å². The van der Waals surface area contributed by atoms with Gasteiger partial charge in [-0.15, -0.1) is 0 Å². The number of aryl methyl sites for hydroxylation is 2. The molecule has 0 amide bonds. The fourth-order valence-corrected chi connectivity index (χ4v) is 3.62. The molecule has 1 atom stereocenters. The lowest BCUT2D eigenvalue weighted by atomic mass is 10.1. The van der Waals surface area contributed by atoms with Crippen molar-refractivity contribution in [3.8, 4) is 40.0 Å². The van der Waals surface area contributed by atoms with Gasteiger partial charge in [0, 0.05) is 39.0 Å². The summed E-state index contributed by atoms with van der Waals surface area (Å²) in [5.41, 5.74) is 2.11. The molecule has 170 valence electrons. The highest BCUT2D eigenvalue weighted by molar-refractivity contribution is 5.74. The lowest BCUT2D eigenvalue weighted by Gasteiger charge is -2.19. The van der Waals surface area contributed by atoms with Crippen LogP contribution in [0, 0.1) is 0 Å². The Labute approximate surface area is 190 Å². The number of rotatable bonds is 2. The lowest BCUT2D eigenvalue weighted by molar-refractivity contribution is 0.173. The third-order valence-electron chi connectivity index (χ3n) is 5.26. The quantitative estimate of drug-likeness (QED) is 0.494. The molecule has 5 heterocycles. The van der Waals surface area contributed by atoms with Crippen molar-refractivity contribution in [2.24, 2.45) is 14.1 Å². The minimum Gasteiger partial charge on any atom is -0.493 e. The maximum Gasteiger partial charge on any atom is 0.222 e. The van der Waals surface area contributed by atoms with Crippen LogP contribution in [0.3, 0.4) is 0 Å². The third kappa shape index (κ3) is 4.04. The molecule has 0 aromatic carbocycles. The van der Waals surface area contributed by atoms with Crippen LogP contribution in [0.5, 0.6) is 17.4 Å². The van der Waals surface area contributed by atoms with E-state index in [0.717, 1.165) is 11.1 Å². The van der Waals surface area contributed by atoms with Crippen molar-refractivity contribution in [3.05, 3.63) is 36.9 Å². The molecule has 5 rings (SSSR count). The number of aromatic nitrogens is 7. The summed E-state index contributed by atoms with van der Waals surface area (Å²) < 4.78 is 21.3. The number of pyridine rings is 1. The molecule has 0 aliphatic carbocycles. The van der Waals surface area contributed by atoms with Gasteiger partial charge in [0.05, 0.1) is 37.8 Å². The number of ether oxygens (including phenoxy) is 3. The molecule has 1 aliphatic rings. The zero-order valence-electron chi connectivity index (χ0n) is 18.8.